The van der Waals surface area contributed by atoms with Crippen molar-refractivity contribution in [3.8, 4) is 0 Å². The van der Waals surface area contributed by atoms with Crippen LogP contribution in [0.25, 0.3) is 0 Å². The second-order valence-electron chi connectivity index (χ2n) is 6.77. The van der Waals surface area contributed by atoms with E-state index < -0.39 is 0 Å². The zero-order valence-electron chi connectivity index (χ0n) is 17.1. The summed E-state index contributed by atoms with van der Waals surface area (Å²) in [5.41, 5.74) is 1.50. The summed E-state index contributed by atoms with van der Waals surface area (Å²) in [5, 5.41) is 6.66. The topological polar surface area (TPSA) is 78.8 Å². The molecule has 0 saturated carbocycles. The van der Waals surface area contributed by atoms with Crippen molar-refractivity contribution in [2.75, 3.05) is 31.6 Å². The number of pyridine rings is 1. The molecule has 1 fully saturated rings. The number of guanidine groups is 1. The molecule has 7 nitrogen and oxygen atoms in total. The molecule has 1 atom stereocenters. The van der Waals surface area contributed by atoms with Crippen molar-refractivity contribution in [1.82, 2.24) is 15.6 Å². The zero-order chi connectivity index (χ0) is 20.6. The largest absolute Gasteiger partial charge is 0.465 e. The van der Waals surface area contributed by atoms with Gasteiger partial charge in [-0.15, -0.1) is 24.0 Å². The SMILES string of the molecule is CCNC(=NCc1ccc(C(=O)OC)cc1)NC1CCN(c2ncccc2F)C1.I. The Morgan fingerprint density at radius 3 is 2.77 bits per heavy atom. The number of anilines is 1. The maximum absolute atomic E-state index is 14.0. The summed E-state index contributed by atoms with van der Waals surface area (Å²) in [6, 6.07) is 10.4. The van der Waals surface area contributed by atoms with Gasteiger partial charge in [0, 0.05) is 31.9 Å². The Bertz CT molecular complexity index is 863. The molecule has 162 valence electrons. The molecule has 9 heteroatoms. The lowest BCUT2D eigenvalue weighted by Crippen LogP contribution is -2.44. The molecule has 1 aromatic carbocycles. The number of methoxy groups -OCH3 is 1. The number of carbonyl (C=O) groups excluding carboxylic acids is 1. The standard InChI is InChI=1S/C21H26FN5O2.HI/c1-3-23-21(25-13-15-6-8-16(9-7-15)20(28)29-2)26-17-10-12-27(14-17)19-18(22)5-4-11-24-19;/h4-9,11,17H,3,10,12-14H2,1-2H3,(H2,23,25,26);1H. The Kier molecular flexibility index (Phi) is 9.28. The number of rotatable bonds is 6. The van der Waals surface area contributed by atoms with Gasteiger partial charge in [0.2, 0.25) is 0 Å². The lowest BCUT2D eigenvalue weighted by Gasteiger charge is -2.20. The summed E-state index contributed by atoms with van der Waals surface area (Å²) in [5.74, 6) is 0.441. The molecule has 0 bridgehead atoms. The molecule has 2 heterocycles. The van der Waals surface area contributed by atoms with Crippen LogP contribution < -0.4 is 15.5 Å². The molecule has 2 N–H and O–H groups in total. The van der Waals surface area contributed by atoms with Crippen LogP contribution in [0.5, 0.6) is 0 Å². The van der Waals surface area contributed by atoms with Crippen molar-refractivity contribution in [3.63, 3.8) is 0 Å². The monoisotopic (exact) mass is 527 g/mol. The summed E-state index contributed by atoms with van der Waals surface area (Å²) in [6.07, 6.45) is 2.48. The molecule has 0 aliphatic carbocycles. The van der Waals surface area contributed by atoms with Crippen LogP contribution in [-0.2, 0) is 11.3 Å². The van der Waals surface area contributed by atoms with Crippen molar-refractivity contribution < 1.29 is 13.9 Å². The normalized spacial score (nSPS) is 16.0. The van der Waals surface area contributed by atoms with Crippen molar-refractivity contribution in [2.24, 2.45) is 4.99 Å². The molecule has 2 aromatic rings. The molecule has 1 unspecified atom stereocenters. The van der Waals surface area contributed by atoms with Crippen LogP contribution in [0.15, 0.2) is 47.6 Å². The van der Waals surface area contributed by atoms with Crippen LogP contribution in [-0.4, -0.2) is 49.7 Å². The number of hydrogen-bond acceptors (Lipinski definition) is 5. The van der Waals surface area contributed by atoms with Gasteiger partial charge in [-0.2, -0.15) is 0 Å². The van der Waals surface area contributed by atoms with Gasteiger partial charge >= 0.3 is 5.97 Å². The number of hydrogen-bond donors (Lipinski definition) is 2. The maximum Gasteiger partial charge on any atom is 0.337 e. The number of carbonyl (C=O) groups is 1. The van der Waals surface area contributed by atoms with E-state index in [1.165, 1.54) is 13.2 Å². The molecule has 0 amide bonds. The average molecular weight is 527 g/mol. The minimum absolute atomic E-state index is 0. The van der Waals surface area contributed by atoms with E-state index in [1.807, 2.05) is 24.0 Å². The van der Waals surface area contributed by atoms with E-state index in [4.69, 9.17) is 4.74 Å². The molecule has 0 radical (unpaired) electrons. The number of esters is 1. The molecule has 1 aromatic heterocycles. The molecular formula is C21H27FIN5O2. The number of nitrogens with one attached hydrogen (secondary N) is 2. The Labute approximate surface area is 193 Å². The minimum atomic E-state index is -0.356. The van der Waals surface area contributed by atoms with E-state index in [-0.39, 0.29) is 41.8 Å². The Morgan fingerprint density at radius 2 is 2.10 bits per heavy atom. The van der Waals surface area contributed by atoms with Gasteiger partial charge in [0.25, 0.3) is 0 Å². The number of ether oxygens (including phenoxy) is 1. The van der Waals surface area contributed by atoms with Crippen LogP contribution in [0, 0.1) is 5.82 Å². The molecule has 1 aliphatic heterocycles. The van der Waals surface area contributed by atoms with Crippen molar-refractivity contribution in [2.45, 2.75) is 25.9 Å². The molecule has 3 rings (SSSR count). The van der Waals surface area contributed by atoms with Crippen molar-refractivity contribution in [3.05, 3.63) is 59.5 Å². The fourth-order valence-corrected chi connectivity index (χ4v) is 3.23. The van der Waals surface area contributed by atoms with Gasteiger partial charge in [-0.1, -0.05) is 12.1 Å². The highest BCUT2D eigenvalue weighted by molar-refractivity contribution is 14.0. The second kappa shape index (κ2) is 11.7. The third-order valence-electron chi connectivity index (χ3n) is 4.71. The summed E-state index contributed by atoms with van der Waals surface area (Å²) in [6.45, 7) is 4.61. The predicted octanol–water partition coefficient (Wildman–Crippen LogP) is 2.96. The van der Waals surface area contributed by atoms with Gasteiger partial charge in [-0.25, -0.2) is 19.2 Å². The first-order chi connectivity index (χ1) is 14.1. The third kappa shape index (κ3) is 6.28. The third-order valence-corrected chi connectivity index (χ3v) is 4.71. The Morgan fingerprint density at radius 1 is 1.33 bits per heavy atom. The van der Waals surface area contributed by atoms with E-state index in [1.54, 1.807) is 24.4 Å². The highest BCUT2D eigenvalue weighted by atomic mass is 127. The summed E-state index contributed by atoms with van der Waals surface area (Å²) in [4.78, 5) is 22.2. The van der Waals surface area contributed by atoms with Gasteiger partial charge in [-0.05, 0) is 43.2 Å². The van der Waals surface area contributed by atoms with Gasteiger partial charge in [0.15, 0.2) is 17.6 Å². The zero-order valence-corrected chi connectivity index (χ0v) is 19.4. The minimum Gasteiger partial charge on any atom is -0.465 e. The van der Waals surface area contributed by atoms with Gasteiger partial charge in [-0.3, -0.25) is 0 Å². The van der Waals surface area contributed by atoms with Crippen LogP contribution >= 0.6 is 24.0 Å². The molecule has 1 aliphatic rings. The van der Waals surface area contributed by atoms with Gasteiger partial charge < -0.3 is 20.3 Å². The summed E-state index contributed by atoms with van der Waals surface area (Å²) in [7, 11) is 1.36. The molecule has 1 saturated heterocycles. The highest BCUT2D eigenvalue weighted by Crippen LogP contribution is 2.20. The molecular weight excluding hydrogens is 500 g/mol. The average Bonchev–Trinajstić information content (AvgIpc) is 3.20. The quantitative estimate of drug-likeness (QED) is 0.261. The molecule has 0 spiro atoms. The Hall–Kier alpha value is -2.43. The van der Waals surface area contributed by atoms with E-state index >= 15 is 0 Å². The summed E-state index contributed by atoms with van der Waals surface area (Å²) >= 11 is 0. The van der Waals surface area contributed by atoms with Crippen LogP contribution in [0.2, 0.25) is 0 Å². The maximum atomic E-state index is 14.0. The first-order valence-electron chi connectivity index (χ1n) is 9.68. The van der Waals surface area contributed by atoms with Crippen LogP contribution in [0.3, 0.4) is 0 Å². The number of nitrogens with zero attached hydrogens (tertiary/aromatic N) is 3. The highest BCUT2D eigenvalue weighted by Gasteiger charge is 2.25. The van der Waals surface area contributed by atoms with Crippen LogP contribution in [0.1, 0.15) is 29.3 Å². The number of aliphatic imine (C=N–C) groups is 1. The van der Waals surface area contributed by atoms with Gasteiger partial charge in [0.1, 0.15) is 0 Å². The predicted molar refractivity (Wildman–Crippen MR) is 126 cm³/mol. The summed E-state index contributed by atoms with van der Waals surface area (Å²) < 4.78 is 18.7. The lowest BCUT2D eigenvalue weighted by atomic mass is 10.1. The van der Waals surface area contributed by atoms with E-state index in [2.05, 4.69) is 20.6 Å². The van der Waals surface area contributed by atoms with E-state index in [9.17, 15) is 9.18 Å². The van der Waals surface area contributed by atoms with Crippen molar-refractivity contribution in [1.29, 1.82) is 0 Å². The smallest absolute Gasteiger partial charge is 0.337 e. The number of benzene rings is 1. The first-order valence-corrected chi connectivity index (χ1v) is 9.68. The molecule has 30 heavy (non-hydrogen) atoms. The Balaban J connectivity index is 0.00000320. The van der Waals surface area contributed by atoms with Gasteiger partial charge in [0.05, 0.1) is 19.2 Å². The first kappa shape index (κ1) is 23.8. The van der Waals surface area contributed by atoms with E-state index in [0.29, 0.717) is 30.4 Å². The van der Waals surface area contributed by atoms with E-state index in [0.717, 1.165) is 25.1 Å². The second-order valence-corrected chi connectivity index (χ2v) is 6.77. The number of halogens is 2. The fraction of sp³-hybridized carbons (Fsp3) is 0.381. The fourth-order valence-electron chi connectivity index (χ4n) is 3.23. The van der Waals surface area contributed by atoms with Crippen LogP contribution in [0.4, 0.5) is 10.2 Å². The number of aromatic nitrogens is 1. The van der Waals surface area contributed by atoms with Crippen molar-refractivity contribution >= 4 is 41.7 Å². The lowest BCUT2D eigenvalue weighted by molar-refractivity contribution is 0.0600.